The number of aromatic nitrogens is 4. The van der Waals surface area contributed by atoms with E-state index in [-0.39, 0.29) is 0 Å². The molecule has 0 bridgehead atoms. The Balaban J connectivity index is 2.06. The maximum Gasteiger partial charge on any atom is 0.108 e. The summed E-state index contributed by atoms with van der Waals surface area (Å²) in [5.41, 5.74) is 2.49. The smallest absolute Gasteiger partial charge is 0.108 e. The summed E-state index contributed by atoms with van der Waals surface area (Å²) in [7, 11) is 6.01. The zero-order valence-corrected chi connectivity index (χ0v) is 11.5. The first kappa shape index (κ1) is 12.8. The number of hydrogen-bond donors (Lipinski definition) is 1. The molecule has 0 aliphatic heterocycles. The monoisotopic (exact) mass is 247 g/mol. The molecule has 1 unspecified atom stereocenters. The molecule has 98 valence electrons. The van der Waals surface area contributed by atoms with Crippen LogP contribution in [0.3, 0.4) is 0 Å². The van der Waals surface area contributed by atoms with Crippen LogP contribution in [0.1, 0.15) is 29.5 Å². The van der Waals surface area contributed by atoms with E-state index in [2.05, 4.69) is 26.9 Å². The van der Waals surface area contributed by atoms with Crippen LogP contribution in [0.15, 0.2) is 18.6 Å². The first-order chi connectivity index (χ1) is 8.63. The number of imidazole rings is 1. The highest BCUT2D eigenvalue weighted by molar-refractivity contribution is 5.20. The first-order valence-corrected chi connectivity index (χ1v) is 6.25. The van der Waals surface area contributed by atoms with Crippen LogP contribution in [0, 0.1) is 6.92 Å². The lowest BCUT2D eigenvalue weighted by atomic mass is 10.0. The summed E-state index contributed by atoms with van der Waals surface area (Å²) in [6.45, 7) is 2.10. The van der Waals surface area contributed by atoms with E-state index in [1.165, 1.54) is 11.3 Å². The quantitative estimate of drug-likeness (QED) is 0.867. The lowest BCUT2D eigenvalue weighted by Gasteiger charge is -2.15. The molecule has 18 heavy (non-hydrogen) atoms. The standard InChI is InChI=1S/C13H21N5/c1-10-11(9-16-18(10)4)12(14-2)5-6-13-15-7-8-17(13)3/h7-9,12,14H,5-6H2,1-4H3. The fourth-order valence-electron chi connectivity index (χ4n) is 2.22. The lowest BCUT2D eigenvalue weighted by molar-refractivity contribution is 0.532. The van der Waals surface area contributed by atoms with Crippen molar-refractivity contribution in [1.82, 2.24) is 24.6 Å². The summed E-state index contributed by atoms with van der Waals surface area (Å²) in [6.07, 6.45) is 7.77. The van der Waals surface area contributed by atoms with Crippen molar-refractivity contribution in [1.29, 1.82) is 0 Å². The molecule has 5 heteroatoms. The maximum absolute atomic E-state index is 4.36. The van der Waals surface area contributed by atoms with Gasteiger partial charge in [-0.1, -0.05) is 0 Å². The number of nitrogens with zero attached hydrogens (tertiary/aromatic N) is 4. The molecule has 2 aromatic heterocycles. The molecule has 2 aromatic rings. The van der Waals surface area contributed by atoms with Gasteiger partial charge in [0.15, 0.2) is 0 Å². The minimum atomic E-state index is 0.329. The summed E-state index contributed by atoms with van der Waals surface area (Å²) in [6, 6.07) is 0.329. The molecule has 2 heterocycles. The number of hydrogen-bond acceptors (Lipinski definition) is 3. The molecule has 2 rings (SSSR count). The highest BCUT2D eigenvalue weighted by Gasteiger charge is 2.15. The second-order valence-corrected chi connectivity index (χ2v) is 4.64. The Morgan fingerprint density at radius 1 is 1.39 bits per heavy atom. The van der Waals surface area contributed by atoms with Crippen molar-refractivity contribution in [2.45, 2.75) is 25.8 Å². The molecular weight excluding hydrogens is 226 g/mol. The van der Waals surface area contributed by atoms with E-state index < -0.39 is 0 Å². The van der Waals surface area contributed by atoms with Crippen molar-refractivity contribution in [2.75, 3.05) is 7.05 Å². The fourth-order valence-corrected chi connectivity index (χ4v) is 2.22. The molecule has 0 aliphatic rings. The van der Waals surface area contributed by atoms with Crippen LogP contribution >= 0.6 is 0 Å². The number of aryl methyl sites for hydroxylation is 3. The van der Waals surface area contributed by atoms with E-state index in [4.69, 9.17) is 0 Å². The Bertz CT molecular complexity index is 511. The van der Waals surface area contributed by atoms with Crippen LogP contribution in [0.4, 0.5) is 0 Å². The van der Waals surface area contributed by atoms with Gasteiger partial charge in [-0.2, -0.15) is 5.10 Å². The van der Waals surface area contributed by atoms with Gasteiger partial charge in [0.1, 0.15) is 5.82 Å². The molecular formula is C13H21N5. The van der Waals surface area contributed by atoms with E-state index in [9.17, 15) is 0 Å². The Hall–Kier alpha value is -1.62. The van der Waals surface area contributed by atoms with Gasteiger partial charge >= 0.3 is 0 Å². The Morgan fingerprint density at radius 2 is 2.17 bits per heavy atom. The van der Waals surface area contributed by atoms with Crippen molar-refractivity contribution in [3.05, 3.63) is 35.7 Å². The normalized spacial score (nSPS) is 12.9. The minimum Gasteiger partial charge on any atom is -0.338 e. The SMILES string of the molecule is CNC(CCc1nccn1C)c1cnn(C)c1C. The highest BCUT2D eigenvalue weighted by atomic mass is 15.3. The fraction of sp³-hybridized carbons (Fsp3) is 0.538. The summed E-state index contributed by atoms with van der Waals surface area (Å²) in [5.74, 6) is 1.12. The molecule has 0 spiro atoms. The maximum atomic E-state index is 4.36. The van der Waals surface area contributed by atoms with Gasteiger partial charge in [-0.05, 0) is 20.4 Å². The molecule has 0 radical (unpaired) electrons. The second kappa shape index (κ2) is 5.35. The van der Waals surface area contributed by atoms with Gasteiger partial charge in [-0.15, -0.1) is 0 Å². The van der Waals surface area contributed by atoms with Crippen molar-refractivity contribution >= 4 is 0 Å². The van der Waals surface area contributed by atoms with Crippen molar-refractivity contribution in [2.24, 2.45) is 14.1 Å². The van der Waals surface area contributed by atoms with E-state index in [1.54, 1.807) is 0 Å². The third-order valence-corrected chi connectivity index (χ3v) is 3.57. The van der Waals surface area contributed by atoms with Crippen LogP contribution < -0.4 is 5.32 Å². The van der Waals surface area contributed by atoms with Crippen LogP contribution in [-0.2, 0) is 20.5 Å². The minimum absolute atomic E-state index is 0.329. The van der Waals surface area contributed by atoms with Crippen molar-refractivity contribution < 1.29 is 0 Å². The third-order valence-electron chi connectivity index (χ3n) is 3.57. The van der Waals surface area contributed by atoms with E-state index in [0.717, 1.165) is 18.7 Å². The summed E-state index contributed by atoms with van der Waals surface area (Å²) in [4.78, 5) is 4.36. The molecule has 0 amide bonds. The Morgan fingerprint density at radius 3 is 2.67 bits per heavy atom. The predicted molar refractivity (Wildman–Crippen MR) is 71.3 cm³/mol. The number of nitrogens with one attached hydrogen (secondary N) is 1. The van der Waals surface area contributed by atoms with Gasteiger partial charge in [-0.3, -0.25) is 4.68 Å². The van der Waals surface area contributed by atoms with Crippen LogP contribution in [0.25, 0.3) is 0 Å². The van der Waals surface area contributed by atoms with E-state index in [1.807, 2.05) is 44.4 Å². The Labute approximate surface area is 108 Å². The van der Waals surface area contributed by atoms with Gasteiger partial charge in [0, 0.05) is 50.2 Å². The molecule has 1 atom stereocenters. The summed E-state index contributed by atoms with van der Waals surface area (Å²) >= 11 is 0. The zero-order valence-electron chi connectivity index (χ0n) is 11.5. The molecule has 0 fully saturated rings. The van der Waals surface area contributed by atoms with Crippen LogP contribution in [-0.4, -0.2) is 26.4 Å². The molecule has 0 saturated carbocycles. The lowest BCUT2D eigenvalue weighted by Crippen LogP contribution is -2.18. The van der Waals surface area contributed by atoms with Crippen molar-refractivity contribution in [3.63, 3.8) is 0 Å². The molecule has 0 aliphatic carbocycles. The zero-order chi connectivity index (χ0) is 13.1. The van der Waals surface area contributed by atoms with Gasteiger partial charge in [0.05, 0.1) is 6.20 Å². The predicted octanol–water partition coefficient (Wildman–Crippen LogP) is 1.36. The van der Waals surface area contributed by atoms with Crippen LogP contribution in [0.5, 0.6) is 0 Å². The largest absolute Gasteiger partial charge is 0.338 e. The van der Waals surface area contributed by atoms with Gasteiger partial charge in [-0.25, -0.2) is 4.98 Å². The second-order valence-electron chi connectivity index (χ2n) is 4.64. The average Bonchev–Trinajstić information content (AvgIpc) is 2.90. The van der Waals surface area contributed by atoms with Crippen LogP contribution in [0.2, 0.25) is 0 Å². The number of rotatable bonds is 5. The topological polar surface area (TPSA) is 47.7 Å². The van der Waals surface area contributed by atoms with Gasteiger partial charge < -0.3 is 9.88 Å². The van der Waals surface area contributed by atoms with Crippen molar-refractivity contribution in [3.8, 4) is 0 Å². The average molecular weight is 247 g/mol. The summed E-state index contributed by atoms with van der Waals surface area (Å²) < 4.78 is 3.99. The van der Waals surface area contributed by atoms with Gasteiger partial charge in [0.2, 0.25) is 0 Å². The Kier molecular flexibility index (Phi) is 3.81. The summed E-state index contributed by atoms with van der Waals surface area (Å²) in [5, 5.41) is 7.67. The molecule has 0 aromatic carbocycles. The third kappa shape index (κ3) is 2.46. The van der Waals surface area contributed by atoms with Gasteiger partial charge in [0.25, 0.3) is 0 Å². The van der Waals surface area contributed by atoms with E-state index in [0.29, 0.717) is 6.04 Å². The van der Waals surface area contributed by atoms with E-state index >= 15 is 0 Å². The molecule has 1 N–H and O–H groups in total. The first-order valence-electron chi connectivity index (χ1n) is 6.25. The highest BCUT2D eigenvalue weighted by Crippen LogP contribution is 2.21. The molecule has 0 saturated heterocycles. The molecule has 5 nitrogen and oxygen atoms in total.